The normalized spacial score (nSPS) is 18.6. The lowest BCUT2D eigenvalue weighted by molar-refractivity contribution is 0.231. The van der Waals surface area contributed by atoms with Gasteiger partial charge in [-0.15, -0.1) is 0 Å². The van der Waals surface area contributed by atoms with Crippen molar-refractivity contribution in [2.24, 2.45) is 0 Å². The van der Waals surface area contributed by atoms with Crippen molar-refractivity contribution in [2.75, 3.05) is 26.2 Å². The van der Waals surface area contributed by atoms with E-state index in [2.05, 4.69) is 32.9 Å². The molecule has 1 aliphatic rings. The summed E-state index contributed by atoms with van der Waals surface area (Å²) in [4.78, 5) is 6.83. The second kappa shape index (κ2) is 4.57. The van der Waals surface area contributed by atoms with Crippen LogP contribution in [-0.4, -0.2) is 40.6 Å². The van der Waals surface area contributed by atoms with Crippen LogP contribution in [0.25, 0.3) is 0 Å². The summed E-state index contributed by atoms with van der Waals surface area (Å²) >= 11 is 0. The fraction of sp³-hybridized carbons (Fsp3) is 0.700. The number of aromatic nitrogens is 2. The highest BCUT2D eigenvalue weighted by molar-refractivity contribution is 4.96. The number of piperazine rings is 1. The predicted octanol–water partition coefficient (Wildman–Crippen LogP) is 0.308. The summed E-state index contributed by atoms with van der Waals surface area (Å²) in [6.45, 7) is 8.63. The van der Waals surface area contributed by atoms with Crippen molar-refractivity contribution in [1.82, 2.24) is 19.8 Å². The maximum atomic E-state index is 4.38. The van der Waals surface area contributed by atoms with Crippen LogP contribution in [-0.2, 0) is 13.1 Å². The number of rotatable bonds is 3. The Kier molecular flexibility index (Phi) is 3.16. The van der Waals surface area contributed by atoms with Gasteiger partial charge in [-0.25, -0.2) is 4.98 Å². The fourth-order valence-electron chi connectivity index (χ4n) is 1.76. The third-order valence-corrected chi connectivity index (χ3v) is 2.65. The second-order valence-corrected chi connectivity index (χ2v) is 3.72. The molecule has 1 fully saturated rings. The smallest absolute Gasteiger partial charge is 0.0949 e. The minimum Gasteiger partial charge on any atom is -0.337 e. The lowest BCUT2D eigenvalue weighted by atomic mass is 10.3. The van der Waals surface area contributed by atoms with Crippen LogP contribution >= 0.6 is 0 Å². The maximum absolute atomic E-state index is 4.38. The Morgan fingerprint density at radius 3 is 2.86 bits per heavy atom. The summed E-state index contributed by atoms with van der Waals surface area (Å²) in [6, 6.07) is 0. The Morgan fingerprint density at radius 1 is 1.43 bits per heavy atom. The summed E-state index contributed by atoms with van der Waals surface area (Å²) in [6.07, 6.45) is 4.06. The molecule has 0 atom stereocenters. The molecule has 4 heteroatoms. The van der Waals surface area contributed by atoms with Crippen molar-refractivity contribution >= 4 is 0 Å². The van der Waals surface area contributed by atoms with Crippen molar-refractivity contribution in [3.05, 3.63) is 18.2 Å². The molecule has 0 aliphatic carbocycles. The third-order valence-electron chi connectivity index (χ3n) is 2.65. The van der Waals surface area contributed by atoms with Gasteiger partial charge in [0.15, 0.2) is 0 Å². The number of hydrogen-bond donors (Lipinski definition) is 1. The molecular formula is C10H18N4. The first kappa shape index (κ1) is 9.68. The Hall–Kier alpha value is -0.870. The van der Waals surface area contributed by atoms with E-state index < -0.39 is 0 Å². The van der Waals surface area contributed by atoms with E-state index in [9.17, 15) is 0 Å². The van der Waals surface area contributed by atoms with E-state index in [0.717, 1.165) is 39.3 Å². The highest BCUT2D eigenvalue weighted by Crippen LogP contribution is 2.03. The van der Waals surface area contributed by atoms with Gasteiger partial charge in [0, 0.05) is 45.5 Å². The molecular weight excluding hydrogens is 176 g/mol. The SMILES string of the molecule is CCn1cnc(CN2CCNCC2)c1. The number of hydrogen-bond acceptors (Lipinski definition) is 3. The van der Waals surface area contributed by atoms with Gasteiger partial charge >= 0.3 is 0 Å². The molecule has 0 bridgehead atoms. The number of aryl methyl sites for hydroxylation is 1. The van der Waals surface area contributed by atoms with Gasteiger partial charge in [0.25, 0.3) is 0 Å². The van der Waals surface area contributed by atoms with E-state index in [4.69, 9.17) is 0 Å². The molecule has 2 heterocycles. The molecule has 14 heavy (non-hydrogen) atoms. The minimum absolute atomic E-state index is 0.995. The Labute approximate surface area is 84.9 Å². The Morgan fingerprint density at radius 2 is 2.21 bits per heavy atom. The summed E-state index contributed by atoms with van der Waals surface area (Å²) in [5, 5.41) is 3.35. The van der Waals surface area contributed by atoms with Gasteiger partial charge in [-0.3, -0.25) is 4.90 Å². The summed E-state index contributed by atoms with van der Waals surface area (Å²) in [5.41, 5.74) is 1.19. The first-order valence-corrected chi connectivity index (χ1v) is 5.32. The summed E-state index contributed by atoms with van der Waals surface area (Å²) in [7, 11) is 0. The first-order valence-electron chi connectivity index (χ1n) is 5.32. The standard InChI is InChI=1S/C10H18N4/c1-2-13-7-10(12-9-13)8-14-5-3-11-4-6-14/h7,9,11H,2-6,8H2,1H3. The van der Waals surface area contributed by atoms with Crippen LogP contribution in [0.3, 0.4) is 0 Å². The minimum atomic E-state index is 0.995. The lowest BCUT2D eigenvalue weighted by Crippen LogP contribution is -2.42. The van der Waals surface area contributed by atoms with Crippen LogP contribution in [0, 0.1) is 0 Å². The number of nitrogens with zero attached hydrogens (tertiary/aromatic N) is 3. The predicted molar refractivity (Wildman–Crippen MR) is 56.0 cm³/mol. The molecule has 1 aromatic heterocycles. The number of imidazole rings is 1. The monoisotopic (exact) mass is 194 g/mol. The molecule has 1 aliphatic heterocycles. The molecule has 1 saturated heterocycles. The zero-order valence-corrected chi connectivity index (χ0v) is 8.74. The lowest BCUT2D eigenvalue weighted by Gasteiger charge is -2.26. The highest BCUT2D eigenvalue weighted by atomic mass is 15.2. The maximum Gasteiger partial charge on any atom is 0.0949 e. The molecule has 78 valence electrons. The largest absolute Gasteiger partial charge is 0.337 e. The zero-order chi connectivity index (χ0) is 9.80. The van der Waals surface area contributed by atoms with E-state index in [0.29, 0.717) is 0 Å². The van der Waals surface area contributed by atoms with E-state index in [1.807, 2.05) is 6.33 Å². The van der Waals surface area contributed by atoms with Crippen molar-refractivity contribution in [3.8, 4) is 0 Å². The van der Waals surface area contributed by atoms with Gasteiger partial charge < -0.3 is 9.88 Å². The van der Waals surface area contributed by atoms with E-state index in [1.54, 1.807) is 0 Å². The molecule has 0 aromatic carbocycles. The van der Waals surface area contributed by atoms with E-state index in [1.165, 1.54) is 5.69 Å². The molecule has 0 saturated carbocycles. The molecule has 1 aromatic rings. The van der Waals surface area contributed by atoms with Crippen LogP contribution in [0.2, 0.25) is 0 Å². The quantitative estimate of drug-likeness (QED) is 0.751. The van der Waals surface area contributed by atoms with Crippen LogP contribution in [0.5, 0.6) is 0 Å². The highest BCUT2D eigenvalue weighted by Gasteiger charge is 2.10. The molecule has 0 amide bonds. The molecule has 0 unspecified atom stereocenters. The van der Waals surface area contributed by atoms with Gasteiger partial charge in [-0.1, -0.05) is 0 Å². The van der Waals surface area contributed by atoms with Crippen LogP contribution in [0.4, 0.5) is 0 Å². The average molecular weight is 194 g/mol. The van der Waals surface area contributed by atoms with Crippen molar-refractivity contribution in [1.29, 1.82) is 0 Å². The Bertz CT molecular complexity index is 275. The third kappa shape index (κ3) is 2.33. The molecule has 0 radical (unpaired) electrons. The van der Waals surface area contributed by atoms with Gasteiger partial charge in [-0.2, -0.15) is 0 Å². The fourth-order valence-corrected chi connectivity index (χ4v) is 1.76. The Balaban J connectivity index is 1.89. The number of nitrogens with one attached hydrogen (secondary N) is 1. The first-order chi connectivity index (χ1) is 6.88. The van der Waals surface area contributed by atoms with E-state index >= 15 is 0 Å². The van der Waals surface area contributed by atoms with Gasteiger partial charge in [0.2, 0.25) is 0 Å². The molecule has 4 nitrogen and oxygen atoms in total. The van der Waals surface area contributed by atoms with Crippen LogP contribution in [0.15, 0.2) is 12.5 Å². The summed E-state index contributed by atoms with van der Waals surface area (Å²) < 4.78 is 2.12. The van der Waals surface area contributed by atoms with Crippen LogP contribution < -0.4 is 5.32 Å². The van der Waals surface area contributed by atoms with Crippen molar-refractivity contribution < 1.29 is 0 Å². The van der Waals surface area contributed by atoms with Gasteiger partial charge in [-0.05, 0) is 6.92 Å². The molecule has 2 rings (SSSR count). The average Bonchev–Trinajstić information content (AvgIpc) is 2.67. The van der Waals surface area contributed by atoms with Gasteiger partial charge in [0.1, 0.15) is 0 Å². The van der Waals surface area contributed by atoms with Crippen molar-refractivity contribution in [2.45, 2.75) is 20.0 Å². The van der Waals surface area contributed by atoms with E-state index in [-0.39, 0.29) is 0 Å². The molecule has 1 N–H and O–H groups in total. The van der Waals surface area contributed by atoms with Gasteiger partial charge in [0.05, 0.1) is 12.0 Å². The topological polar surface area (TPSA) is 33.1 Å². The van der Waals surface area contributed by atoms with Crippen molar-refractivity contribution in [3.63, 3.8) is 0 Å². The van der Waals surface area contributed by atoms with Crippen LogP contribution in [0.1, 0.15) is 12.6 Å². The molecule has 0 spiro atoms. The summed E-state index contributed by atoms with van der Waals surface area (Å²) in [5.74, 6) is 0. The zero-order valence-electron chi connectivity index (χ0n) is 8.74. The second-order valence-electron chi connectivity index (χ2n) is 3.72.